The van der Waals surface area contributed by atoms with Crippen LogP contribution in [0.25, 0.3) is 10.9 Å². The summed E-state index contributed by atoms with van der Waals surface area (Å²) in [5, 5.41) is 1.11. The quantitative estimate of drug-likeness (QED) is 0.328. The van der Waals surface area contributed by atoms with Gasteiger partial charge in [-0.25, -0.2) is 0 Å². The average Bonchev–Trinajstić information content (AvgIpc) is 3.18. The summed E-state index contributed by atoms with van der Waals surface area (Å²) in [4.78, 5) is 23.2. The predicted octanol–water partition coefficient (Wildman–Crippen LogP) is 6.02. The number of aryl methyl sites for hydroxylation is 1. The van der Waals surface area contributed by atoms with Crippen molar-refractivity contribution in [3.63, 3.8) is 0 Å². The number of methoxy groups -OCH3 is 1. The Morgan fingerprint density at radius 1 is 0.972 bits per heavy atom. The van der Waals surface area contributed by atoms with Gasteiger partial charge in [0.15, 0.2) is 0 Å². The van der Waals surface area contributed by atoms with Crippen LogP contribution >= 0.6 is 11.9 Å². The van der Waals surface area contributed by atoms with Crippen LogP contribution in [0.15, 0.2) is 83.9 Å². The van der Waals surface area contributed by atoms with Crippen LogP contribution in [0.1, 0.15) is 22.3 Å². The highest BCUT2D eigenvalue weighted by atomic mass is 32.2. The van der Waals surface area contributed by atoms with Gasteiger partial charge < -0.3 is 19.3 Å². The average molecular weight is 499 g/mol. The number of rotatable bonds is 6. The first-order chi connectivity index (χ1) is 17.6. The van der Waals surface area contributed by atoms with Crippen molar-refractivity contribution in [2.45, 2.75) is 18.2 Å². The van der Waals surface area contributed by atoms with Crippen LogP contribution in [0.3, 0.4) is 0 Å². The van der Waals surface area contributed by atoms with Crippen molar-refractivity contribution in [3.05, 3.63) is 90.1 Å². The number of nitrogens with zero attached hydrogens (tertiary/aromatic N) is 3. The van der Waals surface area contributed by atoms with Crippen LogP contribution in [0, 0.1) is 6.92 Å². The Kier molecular flexibility index (Phi) is 7.28. The third kappa shape index (κ3) is 5.11. The molecular weight excluding hydrogens is 468 g/mol. The zero-order valence-corrected chi connectivity index (χ0v) is 21.4. The first kappa shape index (κ1) is 24.0. The maximum absolute atomic E-state index is 13.4. The van der Waals surface area contributed by atoms with E-state index in [1.54, 1.807) is 7.11 Å². The number of anilines is 2. The number of hydrogen-bond donors (Lipinski definition) is 1. The van der Waals surface area contributed by atoms with Crippen LogP contribution in [0.4, 0.5) is 11.4 Å². The molecule has 0 aliphatic carbocycles. The Morgan fingerprint density at radius 2 is 1.83 bits per heavy atom. The minimum absolute atomic E-state index is 0.0810. The summed E-state index contributed by atoms with van der Waals surface area (Å²) in [6, 6.07) is 24.1. The maximum atomic E-state index is 13.4. The lowest BCUT2D eigenvalue weighted by Gasteiger charge is -2.25. The van der Waals surface area contributed by atoms with Gasteiger partial charge in [-0.2, -0.15) is 0 Å². The second-order valence-electron chi connectivity index (χ2n) is 8.87. The van der Waals surface area contributed by atoms with Crippen molar-refractivity contribution in [1.82, 2.24) is 9.88 Å². The molecule has 0 radical (unpaired) electrons. The van der Waals surface area contributed by atoms with E-state index in [4.69, 9.17) is 4.74 Å². The van der Waals surface area contributed by atoms with Crippen LogP contribution in [-0.4, -0.2) is 49.1 Å². The molecule has 1 fully saturated rings. The van der Waals surface area contributed by atoms with E-state index >= 15 is 0 Å². The topological polar surface area (TPSA) is 57.7 Å². The van der Waals surface area contributed by atoms with Gasteiger partial charge in [0.05, 0.1) is 23.2 Å². The van der Waals surface area contributed by atoms with Crippen LogP contribution in [-0.2, 0) is 0 Å². The molecule has 3 aromatic carbocycles. The number of amides is 1. The number of ether oxygens (including phenoxy) is 1. The molecule has 0 unspecified atom stereocenters. The van der Waals surface area contributed by atoms with E-state index in [9.17, 15) is 4.79 Å². The minimum atomic E-state index is 0.0810. The molecule has 1 aromatic heterocycles. The molecule has 1 amide bonds. The van der Waals surface area contributed by atoms with E-state index in [2.05, 4.69) is 38.9 Å². The van der Waals surface area contributed by atoms with Crippen molar-refractivity contribution < 1.29 is 9.53 Å². The second-order valence-corrected chi connectivity index (χ2v) is 9.72. The van der Waals surface area contributed by atoms with Gasteiger partial charge in [0.25, 0.3) is 5.91 Å². The summed E-state index contributed by atoms with van der Waals surface area (Å²) >= 11 is 1.54. The van der Waals surface area contributed by atoms with E-state index < -0.39 is 0 Å². The third-order valence-electron chi connectivity index (χ3n) is 6.55. The molecule has 1 aliphatic rings. The Morgan fingerprint density at radius 3 is 2.69 bits per heavy atom. The first-order valence-electron chi connectivity index (χ1n) is 12.2. The molecule has 1 aliphatic heterocycles. The highest BCUT2D eigenvalue weighted by molar-refractivity contribution is 8.00. The van der Waals surface area contributed by atoms with E-state index in [1.165, 1.54) is 11.9 Å². The lowest BCUT2D eigenvalue weighted by Crippen LogP contribution is -2.35. The fraction of sp³-hybridized carbons (Fsp3) is 0.241. The van der Waals surface area contributed by atoms with Crippen molar-refractivity contribution in [2.24, 2.45) is 0 Å². The lowest BCUT2D eigenvalue weighted by molar-refractivity contribution is 0.0767. The highest BCUT2D eigenvalue weighted by Gasteiger charge is 2.22. The number of benzene rings is 3. The molecule has 1 saturated heterocycles. The standard InChI is InChI=1S/C29H30N4O2S/c1-21-20-23(13-14-24(21)31-36-27-12-5-8-22-9-6-15-30-28(22)27)29(34)33-17-7-16-32(18-19-33)25-10-3-4-11-26(25)35-2/h3-6,8-15,20,31H,7,16-19H2,1-2H3. The lowest BCUT2D eigenvalue weighted by atomic mass is 10.1. The van der Waals surface area contributed by atoms with Crippen molar-refractivity contribution in [2.75, 3.05) is 42.9 Å². The fourth-order valence-corrected chi connectivity index (χ4v) is 5.48. The van der Waals surface area contributed by atoms with Crippen molar-refractivity contribution in [1.29, 1.82) is 0 Å². The number of nitrogens with one attached hydrogen (secondary N) is 1. The van der Waals surface area contributed by atoms with E-state index in [1.807, 2.05) is 66.6 Å². The first-order valence-corrected chi connectivity index (χ1v) is 13.0. The van der Waals surface area contributed by atoms with Crippen molar-refractivity contribution >= 4 is 40.1 Å². The summed E-state index contributed by atoms with van der Waals surface area (Å²) in [7, 11) is 1.70. The second kappa shape index (κ2) is 10.9. The molecule has 5 rings (SSSR count). The number of fused-ring (bicyclic) bond motifs is 1. The van der Waals surface area contributed by atoms with Crippen LogP contribution in [0.2, 0.25) is 0 Å². The Hall–Kier alpha value is -3.71. The summed E-state index contributed by atoms with van der Waals surface area (Å²) in [6.45, 7) is 5.13. The minimum Gasteiger partial charge on any atom is -0.495 e. The molecule has 0 bridgehead atoms. The van der Waals surface area contributed by atoms with Gasteiger partial charge in [0.2, 0.25) is 0 Å². The number of carbonyl (C=O) groups is 1. The summed E-state index contributed by atoms with van der Waals surface area (Å²) in [5.74, 6) is 0.950. The zero-order chi connectivity index (χ0) is 24.9. The summed E-state index contributed by atoms with van der Waals surface area (Å²) < 4.78 is 8.99. The van der Waals surface area contributed by atoms with Gasteiger partial charge in [0.1, 0.15) is 5.75 Å². The van der Waals surface area contributed by atoms with Crippen LogP contribution in [0.5, 0.6) is 5.75 Å². The fourth-order valence-electron chi connectivity index (χ4n) is 4.61. The van der Waals surface area contributed by atoms with E-state index in [0.717, 1.165) is 70.1 Å². The Labute approximate surface area is 216 Å². The zero-order valence-electron chi connectivity index (χ0n) is 20.6. The van der Waals surface area contributed by atoms with Gasteiger partial charge in [-0.15, -0.1) is 0 Å². The monoisotopic (exact) mass is 498 g/mol. The maximum Gasteiger partial charge on any atom is 0.253 e. The van der Waals surface area contributed by atoms with Gasteiger partial charge >= 0.3 is 0 Å². The largest absolute Gasteiger partial charge is 0.495 e. The van der Waals surface area contributed by atoms with Gasteiger partial charge in [-0.05, 0) is 73.3 Å². The number of para-hydroxylation sites is 3. The van der Waals surface area contributed by atoms with Gasteiger partial charge in [0, 0.05) is 49.0 Å². The Bertz CT molecular complexity index is 1370. The molecule has 184 valence electrons. The normalized spacial score (nSPS) is 13.9. The number of hydrogen-bond acceptors (Lipinski definition) is 6. The predicted molar refractivity (Wildman–Crippen MR) is 148 cm³/mol. The smallest absolute Gasteiger partial charge is 0.253 e. The molecule has 36 heavy (non-hydrogen) atoms. The molecule has 0 atom stereocenters. The molecule has 0 saturated carbocycles. The SMILES string of the molecule is COc1ccccc1N1CCCN(C(=O)c2ccc(NSc3cccc4cccnc34)c(C)c2)CC1. The molecular formula is C29H30N4O2S. The molecule has 4 aromatic rings. The number of aromatic nitrogens is 1. The number of carbonyl (C=O) groups excluding carboxylic acids is 1. The van der Waals surface area contributed by atoms with Gasteiger partial charge in [-0.1, -0.05) is 30.3 Å². The highest BCUT2D eigenvalue weighted by Crippen LogP contribution is 2.30. The van der Waals surface area contributed by atoms with E-state index in [0.29, 0.717) is 6.54 Å². The van der Waals surface area contributed by atoms with Gasteiger partial charge in [-0.3, -0.25) is 9.78 Å². The molecule has 7 heteroatoms. The summed E-state index contributed by atoms with van der Waals surface area (Å²) in [5.41, 5.74) is 4.81. The molecule has 0 spiro atoms. The van der Waals surface area contributed by atoms with Crippen molar-refractivity contribution in [3.8, 4) is 5.75 Å². The third-order valence-corrected chi connectivity index (χ3v) is 7.42. The van der Waals surface area contributed by atoms with E-state index in [-0.39, 0.29) is 5.91 Å². The number of pyridine rings is 1. The molecule has 2 heterocycles. The van der Waals surface area contributed by atoms with Crippen LogP contribution < -0.4 is 14.4 Å². The molecule has 1 N–H and O–H groups in total. The summed E-state index contributed by atoms with van der Waals surface area (Å²) in [6.07, 6.45) is 2.73. The Balaban J connectivity index is 1.25. The molecule has 6 nitrogen and oxygen atoms in total.